The van der Waals surface area contributed by atoms with Gasteiger partial charge >= 0.3 is 0 Å². The highest BCUT2D eigenvalue weighted by Gasteiger charge is 2.22. The molecule has 21 heavy (non-hydrogen) atoms. The Morgan fingerprint density at radius 3 is 2.57 bits per heavy atom. The van der Waals surface area contributed by atoms with Gasteiger partial charge in [-0.15, -0.1) is 0 Å². The summed E-state index contributed by atoms with van der Waals surface area (Å²) in [4.78, 5) is 12.6. The minimum absolute atomic E-state index is 0.137. The second-order valence-electron chi connectivity index (χ2n) is 4.54. The van der Waals surface area contributed by atoms with Gasteiger partial charge in [-0.3, -0.25) is 4.79 Å². The molecule has 0 atom stereocenters. The van der Waals surface area contributed by atoms with Crippen molar-refractivity contribution in [3.63, 3.8) is 0 Å². The van der Waals surface area contributed by atoms with E-state index in [1.165, 1.54) is 24.3 Å². The van der Waals surface area contributed by atoms with Crippen LogP contribution < -0.4 is 5.73 Å². The first-order chi connectivity index (χ1) is 10.1. The van der Waals surface area contributed by atoms with Crippen LogP contribution in [-0.4, -0.2) is 10.2 Å². The number of nitrogens with two attached hydrogens (primary N) is 1. The Morgan fingerprint density at radius 1 is 1.19 bits per heavy atom. The summed E-state index contributed by atoms with van der Waals surface area (Å²) in [5, 5.41) is 9.21. The number of halogens is 1. The fraction of sp³-hybridized carbons (Fsp3) is 0. The molecule has 0 spiro atoms. The molecule has 0 aliphatic heterocycles. The number of ketones is 1. The molecule has 0 bridgehead atoms. The van der Waals surface area contributed by atoms with Crippen LogP contribution in [-0.2, 0) is 0 Å². The third-order valence-corrected chi connectivity index (χ3v) is 3.31. The molecule has 0 aliphatic carbocycles. The maximum atomic E-state index is 13.0. The van der Waals surface area contributed by atoms with E-state index >= 15 is 0 Å². The van der Waals surface area contributed by atoms with Gasteiger partial charge in [-0.1, -0.05) is 6.07 Å². The van der Waals surface area contributed by atoms with Crippen molar-refractivity contribution in [3.8, 4) is 6.07 Å². The molecule has 4 nitrogen and oxygen atoms in total. The molecule has 2 N–H and O–H groups in total. The molecule has 0 radical (unpaired) electrons. The van der Waals surface area contributed by atoms with Gasteiger partial charge < -0.3 is 10.1 Å². The number of nitriles is 1. The van der Waals surface area contributed by atoms with Crippen LogP contribution in [0.15, 0.2) is 48.7 Å². The van der Waals surface area contributed by atoms with E-state index in [0.29, 0.717) is 11.1 Å². The molecular weight excluding hydrogens is 269 g/mol. The summed E-state index contributed by atoms with van der Waals surface area (Å²) in [5.41, 5.74) is 7.46. The number of pyridine rings is 1. The molecule has 0 saturated heterocycles. The Morgan fingerprint density at radius 2 is 1.90 bits per heavy atom. The van der Waals surface area contributed by atoms with Crippen LogP contribution in [0.1, 0.15) is 21.6 Å². The molecule has 0 fully saturated rings. The SMILES string of the molecule is N#Cc1c(N)c(C(=O)c2ccc(F)cc2)n2ccccc12. The number of benzene rings is 1. The number of hydrogen-bond donors (Lipinski definition) is 1. The summed E-state index contributed by atoms with van der Waals surface area (Å²) in [6.45, 7) is 0. The van der Waals surface area contributed by atoms with E-state index in [0.717, 1.165) is 0 Å². The minimum Gasteiger partial charge on any atom is -0.396 e. The zero-order valence-corrected chi connectivity index (χ0v) is 10.9. The molecule has 0 saturated carbocycles. The number of anilines is 1. The molecule has 2 aromatic heterocycles. The number of aromatic nitrogens is 1. The van der Waals surface area contributed by atoms with Crippen LogP contribution in [0.2, 0.25) is 0 Å². The normalized spacial score (nSPS) is 10.5. The fourth-order valence-corrected chi connectivity index (χ4v) is 2.32. The number of rotatable bonds is 2. The molecule has 102 valence electrons. The van der Waals surface area contributed by atoms with E-state index in [1.54, 1.807) is 28.8 Å². The standard InChI is InChI=1S/C16H10FN3O/c17-11-6-4-10(5-7-11)16(21)15-14(19)12(9-18)13-3-1-2-8-20(13)15/h1-8H,19H2. The zero-order valence-electron chi connectivity index (χ0n) is 10.9. The highest BCUT2D eigenvalue weighted by atomic mass is 19.1. The second-order valence-corrected chi connectivity index (χ2v) is 4.54. The van der Waals surface area contributed by atoms with Gasteiger partial charge in [0.05, 0.1) is 11.2 Å². The van der Waals surface area contributed by atoms with E-state index in [1.807, 2.05) is 6.07 Å². The highest BCUT2D eigenvalue weighted by molar-refractivity contribution is 6.13. The summed E-state index contributed by atoms with van der Waals surface area (Å²) >= 11 is 0. The lowest BCUT2D eigenvalue weighted by Crippen LogP contribution is -2.08. The first kappa shape index (κ1) is 12.9. The van der Waals surface area contributed by atoms with Gasteiger partial charge in [0.2, 0.25) is 5.78 Å². The van der Waals surface area contributed by atoms with Crippen molar-refractivity contribution in [2.24, 2.45) is 0 Å². The third kappa shape index (κ3) is 1.94. The Kier molecular flexibility index (Phi) is 2.92. The summed E-state index contributed by atoms with van der Waals surface area (Å²) < 4.78 is 14.5. The molecule has 3 aromatic rings. The molecule has 1 aromatic carbocycles. The Hall–Kier alpha value is -3.13. The number of nitrogen functional groups attached to an aromatic ring is 1. The van der Waals surface area contributed by atoms with Gasteiger partial charge in [-0.2, -0.15) is 5.26 Å². The maximum Gasteiger partial charge on any atom is 0.211 e. The number of hydrogen-bond acceptors (Lipinski definition) is 3. The van der Waals surface area contributed by atoms with Crippen LogP contribution in [0.25, 0.3) is 5.52 Å². The van der Waals surface area contributed by atoms with E-state index in [-0.39, 0.29) is 22.7 Å². The third-order valence-electron chi connectivity index (χ3n) is 3.31. The van der Waals surface area contributed by atoms with Crippen molar-refractivity contribution in [2.75, 3.05) is 5.73 Å². The van der Waals surface area contributed by atoms with Gasteiger partial charge in [0.25, 0.3) is 0 Å². The van der Waals surface area contributed by atoms with Gasteiger partial charge in [-0.25, -0.2) is 4.39 Å². The number of carbonyl (C=O) groups excluding carboxylic acids is 1. The molecule has 0 amide bonds. The van der Waals surface area contributed by atoms with Crippen LogP contribution in [0.5, 0.6) is 0 Å². The second kappa shape index (κ2) is 4.76. The van der Waals surface area contributed by atoms with Gasteiger partial charge in [0.1, 0.15) is 23.1 Å². The predicted molar refractivity (Wildman–Crippen MR) is 76.4 cm³/mol. The smallest absolute Gasteiger partial charge is 0.211 e. The molecule has 2 heterocycles. The summed E-state index contributed by atoms with van der Waals surface area (Å²) in [6, 6.07) is 12.5. The summed E-state index contributed by atoms with van der Waals surface area (Å²) in [7, 11) is 0. The van der Waals surface area contributed by atoms with Crippen LogP contribution in [0.4, 0.5) is 10.1 Å². The fourth-order valence-electron chi connectivity index (χ4n) is 2.32. The molecule has 0 unspecified atom stereocenters. The lowest BCUT2D eigenvalue weighted by Gasteiger charge is -2.03. The molecule has 3 rings (SSSR count). The minimum atomic E-state index is -0.419. The lowest BCUT2D eigenvalue weighted by molar-refractivity contribution is 0.103. The zero-order chi connectivity index (χ0) is 15.0. The molecular formula is C16H10FN3O. The Labute approximate surface area is 119 Å². The van der Waals surface area contributed by atoms with Crippen LogP contribution >= 0.6 is 0 Å². The van der Waals surface area contributed by atoms with Crippen molar-refractivity contribution >= 4 is 17.0 Å². The van der Waals surface area contributed by atoms with Gasteiger partial charge in [-0.05, 0) is 36.4 Å². The molecule has 0 aliphatic rings. The maximum absolute atomic E-state index is 13.0. The van der Waals surface area contributed by atoms with Crippen LogP contribution in [0, 0.1) is 17.1 Å². The van der Waals surface area contributed by atoms with Crippen molar-refractivity contribution in [2.45, 2.75) is 0 Å². The first-order valence-electron chi connectivity index (χ1n) is 6.22. The topological polar surface area (TPSA) is 71.3 Å². The van der Waals surface area contributed by atoms with Crippen molar-refractivity contribution < 1.29 is 9.18 Å². The average Bonchev–Trinajstić information content (AvgIpc) is 2.78. The van der Waals surface area contributed by atoms with Gasteiger partial charge in [0.15, 0.2) is 0 Å². The van der Waals surface area contributed by atoms with E-state index in [9.17, 15) is 14.4 Å². The summed E-state index contributed by atoms with van der Waals surface area (Å²) in [6.07, 6.45) is 1.67. The first-order valence-corrected chi connectivity index (χ1v) is 6.22. The van der Waals surface area contributed by atoms with Crippen molar-refractivity contribution in [1.29, 1.82) is 5.26 Å². The molecule has 5 heteroatoms. The highest BCUT2D eigenvalue weighted by Crippen LogP contribution is 2.27. The summed E-state index contributed by atoms with van der Waals surface area (Å²) in [5.74, 6) is -0.771. The quantitative estimate of drug-likeness (QED) is 0.733. The predicted octanol–water partition coefficient (Wildman–Crippen LogP) is 2.76. The van der Waals surface area contributed by atoms with Gasteiger partial charge in [0, 0.05) is 11.8 Å². The number of fused-ring (bicyclic) bond motifs is 1. The van der Waals surface area contributed by atoms with E-state index in [2.05, 4.69) is 0 Å². The van der Waals surface area contributed by atoms with E-state index < -0.39 is 5.82 Å². The van der Waals surface area contributed by atoms with E-state index in [4.69, 9.17) is 5.73 Å². The number of carbonyl (C=O) groups is 1. The van der Waals surface area contributed by atoms with Crippen LogP contribution in [0.3, 0.4) is 0 Å². The lowest BCUT2D eigenvalue weighted by atomic mass is 10.1. The Balaban J connectivity index is 2.25. The average molecular weight is 279 g/mol. The largest absolute Gasteiger partial charge is 0.396 e. The van der Waals surface area contributed by atoms with Crippen molar-refractivity contribution in [3.05, 3.63) is 71.3 Å². The van der Waals surface area contributed by atoms with Crippen molar-refractivity contribution in [1.82, 2.24) is 4.40 Å². The number of nitrogens with zero attached hydrogens (tertiary/aromatic N) is 2. The monoisotopic (exact) mass is 279 g/mol. The Bertz CT molecular complexity index is 888.